The van der Waals surface area contributed by atoms with Crippen molar-refractivity contribution in [3.05, 3.63) is 129 Å². The van der Waals surface area contributed by atoms with E-state index in [1.165, 1.54) is 48.5 Å². The minimum Gasteiger partial charge on any atom is -0.504 e. The third-order valence-corrected chi connectivity index (χ3v) is 7.80. The van der Waals surface area contributed by atoms with Gasteiger partial charge in [0.05, 0.1) is 42.0 Å². The van der Waals surface area contributed by atoms with Crippen LogP contribution in [0.5, 0.6) is 46.0 Å². The summed E-state index contributed by atoms with van der Waals surface area (Å²) in [5.41, 5.74) is -0.361. The molecule has 2 N–H and O–H groups in total. The van der Waals surface area contributed by atoms with Crippen LogP contribution < -0.4 is 28.4 Å². The van der Waals surface area contributed by atoms with Gasteiger partial charge < -0.3 is 38.6 Å². The highest BCUT2D eigenvalue weighted by Gasteiger charge is 2.18. The molecule has 0 saturated carbocycles. The van der Waals surface area contributed by atoms with Crippen LogP contribution in [-0.2, 0) is 0 Å². The van der Waals surface area contributed by atoms with Crippen LogP contribution in [0.15, 0.2) is 99.9 Å². The number of phenols is 2. The lowest BCUT2D eigenvalue weighted by Gasteiger charge is -2.23. The summed E-state index contributed by atoms with van der Waals surface area (Å²) in [5.74, 6) is -1.23. The van der Waals surface area contributed by atoms with E-state index in [-0.39, 0.29) is 72.7 Å². The SMILES string of the molecule is C.C.CCOc1c(F)cccc1Br.CCOc1c(F)cccc1OC(C)(C)C.CCOc1c(O)cccc1F.CCOc1cccc(F)c1OCC.F.Oc1c(F)cccc1Br.[2HH]. The molecule has 0 aliphatic carbocycles. The van der Waals surface area contributed by atoms with Crippen molar-refractivity contribution >= 4 is 31.9 Å². The maximum absolute atomic E-state index is 13.4. The molecule has 5 rings (SSSR count). The molecule has 0 spiro atoms. The largest absolute Gasteiger partial charge is 0.504 e. The van der Waals surface area contributed by atoms with Gasteiger partial charge in [0.1, 0.15) is 5.60 Å². The predicted octanol–water partition coefficient (Wildman–Crippen LogP) is 14.9. The minimum absolute atomic E-state index is 0. The number of phenolic OH excluding ortho intramolecular Hbond substituents is 2. The van der Waals surface area contributed by atoms with Crippen molar-refractivity contribution in [3.63, 3.8) is 0 Å². The van der Waals surface area contributed by atoms with Gasteiger partial charge in [-0.1, -0.05) is 45.2 Å². The number of hydrogen-bond donors (Lipinski definition) is 2. The van der Waals surface area contributed by atoms with Crippen molar-refractivity contribution in [2.24, 2.45) is 0 Å². The van der Waals surface area contributed by atoms with Crippen molar-refractivity contribution < 1.29 is 66.7 Å². The number of rotatable bonds is 11. The molecule has 0 aliphatic heterocycles. The first kappa shape index (κ1) is 61.3. The summed E-state index contributed by atoms with van der Waals surface area (Å²) in [6.07, 6.45) is 0. The highest BCUT2D eigenvalue weighted by molar-refractivity contribution is 9.10. The summed E-state index contributed by atoms with van der Waals surface area (Å²) in [6.45, 7) is 16.9. The lowest BCUT2D eigenvalue weighted by Crippen LogP contribution is -2.23. The molecule has 5 aromatic carbocycles. The Hall–Kier alpha value is -4.96. The predicted molar refractivity (Wildman–Crippen MR) is 245 cm³/mol. The molecule has 0 unspecified atom stereocenters. The smallest absolute Gasteiger partial charge is 0.197 e. The van der Waals surface area contributed by atoms with Gasteiger partial charge in [-0.3, -0.25) is 4.70 Å². The molecule has 0 bridgehead atoms. The fourth-order valence-electron chi connectivity index (χ4n) is 4.26. The van der Waals surface area contributed by atoms with Crippen molar-refractivity contribution in [2.75, 3.05) is 33.0 Å². The second-order valence-electron chi connectivity index (χ2n) is 12.2. The van der Waals surface area contributed by atoms with Gasteiger partial charge in [-0.05, 0) is 148 Å². The standard InChI is InChI=1S/C12H17FO2.C10H13FO2.C8H8BrFO.C8H9FO2.C6H4BrFO.2CH4.FH.H2/c1-5-14-11-9(13)7-6-8-10(11)15-12(2,3)4;1-3-12-9-7-5-6-8(11)10(9)13-4-2;2*1-2-11-8-6(9)4-3-5-7(8)10;7-4-2-1-3-5(8)6(4)9;;;;/h6-8H,5H2,1-4H3;5-7H,3-4H2,1-2H3;3-5H,2H2,1H3;3-5,10H,2H2,1H3;1-3,9H;2*1H4;2*1H/i;;;;;;;;1+1. The van der Waals surface area contributed by atoms with Crippen molar-refractivity contribution in [1.82, 2.24) is 0 Å². The van der Waals surface area contributed by atoms with E-state index < -0.39 is 17.5 Å². The summed E-state index contributed by atoms with van der Waals surface area (Å²) < 4.78 is 96.6. The van der Waals surface area contributed by atoms with Gasteiger partial charge in [0.25, 0.3) is 0 Å². The quantitative estimate of drug-likeness (QED) is 0.126. The normalized spacial score (nSPS) is 9.60. The summed E-state index contributed by atoms with van der Waals surface area (Å²) in [6, 6.07) is 22.4. The zero-order chi connectivity index (χ0) is 44.5. The van der Waals surface area contributed by atoms with Crippen LogP contribution in [0.2, 0.25) is 0 Å². The Labute approximate surface area is 381 Å². The van der Waals surface area contributed by atoms with E-state index in [9.17, 15) is 22.0 Å². The number of halogens is 8. The molecule has 0 saturated heterocycles. The number of hydrogen-bond acceptors (Lipinski definition) is 8. The molecule has 0 aromatic heterocycles. The lowest BCUT2D eigenvalue weighted by molar-refractivity contribution is 0.122. The lowest BCUT2D eigenvalue weighted by atomic mass is 10.2. The maximum Gasteiger partial charge on any atom is 0.197 e. The van der Waals surface area contributed by atoms with Crippen molar-refractivity contribution in [1.29, 1.82) is 0 Å². The van der Waals surface area contributed by atoms with Crippen LogP contribution in [0, 0.1) is 29.1 Å². The third-order valence-electron chi connectivity index (χ3n) is 6.54. The first-order valence-electron chi connectivity index (χ1n) is 18.4. The second-order valence-corrected chi connectivity index (χ2v) is 13.9. The van der Waals surface area contributed by atoms with Gasteiger partial charge in [-0.15, -0.1) is 0 Å². The molecular formula is C46H62Br2F6O8. The summed E-state index contributed by atoms with van der Waals surface area (Å²) in [5, 5.41) is 17.8. The number of para-hydroxylation sites is 5. The van der Waals surface area contributed by atoms with Gasteiger partial charge in [0.2, 0.25) is 0 Å². The first-order valence-corrected chi connectivity index (χ1v) is 20.0. The van der Waals surface area contributed by atoms with Crippen LogP contribution >= 0.6 is 31.9 Å². The molecule has 8 nitrogen and oxygen atoms in total. The van der Waals surface area contributed by atoms with E-state index in [1.807, 2.05) is 48.5 Å². The zero-order valence-electron chi connectivity index (χ0n) is 34.6. The van der Waals surface area contributed by atoms with Crippen molar-refractivity contribution in [2.45, 2.75) is 75.8 Å². The minimum atomic E-state index is -0.607. The van der Waals surface area contributed by atoms with E-state index in [2.05, 4.69) is 31.9 Å². The number of aromatic hydroxyl groups is 2. The van der Waals surface area contributed by atoms with Crippen LogP contribution in [0.3, 0.4) is 0 Å². The molecular weight excluding hydrogens is 954 g/mol. The fourth-order valence-corrected chi connectivity index (χ4v) is 5.06. The number of benzene rings is 5. The molecule has 0 fully saturated rings. The Kier molecular flexibility index (Phi) is 32.4. The molecule has 0 amide bonds. The molecule has 350 valence electrons. The van der Waals surface area contributed by atoms with Gasteiger partial charge in [0, 0.05) is 1.43 Å². The second kappa shape index (κ2) is 32.7. The van der Waals surface area contributed by atoms with Gasteiger partial charge in [-0.25, -0.2) is 22.0 Å². The first-order chi connectivity index (χ1) is 28.0. The van der Waals surface area contributed by atoms with Crippen LogP contribution in [0.25, 0.3) is 0 Å². The Morgan fingerprint density at radius 1 is 0.468 bits per heavy atom. The average molecular weight is 1020 g/mol. The van der Waals surface area contributed by atoms with Crippen LogP contribution in [0.1, 0.15) is 71.7 Å². The maximum atomic E-state index is 13.4. The zero-order valence-corrected chi connectivity index (χ0v) is 37.8. The van der Waals surface area contributed by atoms with E-state index in [1.54, 1.807) is 49.4 Å². The number of ether oxygens (including phenoxy) is 6. The molecule has 0 radical (unpaired) electrons. The highest BCUT2D eigenvalue weighted by Crippen LogP contribution is 2.33. The van der Waals surface area contributed by atoms with E-state index in [4.69, 9.17) is 38.6 Å². The van der Waals surface area contributed by atoms with E-state index >= 15 is 0 Å². The van der Waals surface area contributed by atoms with Gasteiger partial charge >= 0.3 is 0 Å². The summed E-state index contributed by atoms with van der Waals surface area (Å²) >= 11 is 6.14. The third kappa shape index (κ3) is 22.2. The molecule has 0 aliphatic rings. The average Bonchev–Trinajstić information content (AvgIpc) is 3.17. The monoisotopic (exact) mass is 1020 g/mol. The molecule has 0 atom stereocenters. The van der Waals surface area contributed by atoms with Crippen LogP contribution in [0.4, 0.5) is 26.7 Å². The topological polar surface area (TPSA) is 95.8 Å². The Bertz CT molecular complexity index is 1880. The van der Waals surface area contributed by atoms with Crippen molar-refractivity contribution in [3.8, 4) is 46.0 Å². The molecule has 0 heterocycles. The van der Waals surface area contributed by atoms with Gasteiger partial charge in [-0.2, -0.15) is 0 Å². The van der Waals surface area contributed by atoms with E-state index in [0.717, 1.165) is 0 Å². The molecule has 62 heavy (non-hydrogen) atoms. The van der Waals surface area contributed by atoms with E-state index in [0.29, 0.717) is 53.5 Å². The molecule has 16 heteroatoms. The Morgan fingerprint density at radius 3 is 1.21 bits per heavy atom. The molecule has 5 aromatic rings. The van der Waals surface area contributed by atoms with Gasteiger partial charge in [0.15, 0.2) is 75.1 Å². The highest BCUT2D eigenvalue weighted by atomic mass is 79.9. The Balaban J connectivity index is -0.000000343. The Morgan fingerprint density at radius 2 is 0.806 bits per heavy atom. The van der Waals surface area contributed by atoms with Crippen LogP contribution in [-0.4, -0.2) is 48.8 Å². The summed E-state index contributed by atoms with van der Waals surface area (Å²) in [7, 11) is 0. The summed E-state index contributed by atoms with van der Waals surface area (Å²) in [4.78, 5) is 0. The fraction of sp³-hybridized carbons (Fsp3) is 0.348.